The lowest BCUT2D eigenvalue weighted by Crippen LogP contribution is -2.13. The summed E-state index contributed by atoms with van der Waals surface area (Å²) in [6.45, 7) is 4.75. The van der Waals surface area contributed by atoms with E-state index < -0.39 is 0 Å². The average Bonchev–Trinajstić information content (AvgIpc) is 2.07. The molecule has 0 fully saturated rings. The van der Waals surface area contributed by atoms with Gasteiger partial charge in [0.05, 0.1) is 0 Å². The minimum absolute atomic E-state index is 0.381. The van der Waals surface area contributed by atoms with Gasteiger partial charge in [-0.15, -0.1) is 0 Å². The zero-order valence-corrected chi connectivity index (χ0v) is 7.62. The van der Waals surface area contributed by atoms with Gasteiger partial charge in [0.2, 0.25) is 0 Å². The largest absolute Gasteiger partial charge is 0.330 e. The zero-order chi connectivity index (χ0) is 8.97. The van der Waals surface area contributed by atoms with Gasteiger partial charge in [-0.2, -0.15) is 0 Å². The Morgan fingerprint density at radius 1 is 1.50 bits per heavy atom. The van der Waals surface area contributed by atoms with Gasteiger partial charge in [-0.25, -0.2) is 9.97 Å². The van der Waals surface area contributed by atoms with Gasteiger partial charge >= 0.3 is 0 Å². The Kier molecular flexibility index (Phi) is 3.17. The lowest BCUT2D eigenvalue weighted by Gasteiger charge is -2.10. The fourth-order valence-corrected chi connectivity index (χ4v) is 1.19. The molecule has 0 aliphatic rings. The van der Waals surface area contributed by atoms with Gasteiger partial charge in [0.1, 0.15) is 6.33 Å². The first-order chi connectivity index (χ1) is 5.77. The van der Waals surface area contributed by atoms with E-state index in [4.69, 9.17) is 5.73 Å². The van der Waals surface area contributed by atoms with Crippen LogP contribution < -0.4 is 5.73 Å². The van der Waals surface area contributed by atoms with Gasteiger partial charge in [0, 0.05) is 23.9 Å². The highest BCUT2D eigenvalue weighted by Crippen LogP contribution is 2.14. The van der Waals surface area contributed by atoms with E-state index in [9.17, 15) is 0 Å². The maximum atomic E-state index is 5.60. The molecule has 0 aliphatic heterocycles. The summed E-state index contributed by atoms with van der Waals surface area (Å²) in [4.78, 5) is 8.23. The summed E-state index contributed by atoms with van der Waals surface area (Å²) < 4.78 is 0. The molecule has 0 spiro atoms. The lowest BCUT2D eigenvalue weighted by molar-refractivity contribution is 0.650. The van der Waals surface area contributed by atoms with E-state index in [0.717, 1.165) is 17.8 Å². The predicted molar refractivity (Wildman–Crippen MR) is 48.9 cm³/mol. The Hall–Kier alpha value is -0.960. The molecule has 2 N–H and O–H groups in total. The van der Waals surface area contributed by atoms with Crippen LogP contribution in [-0.2, 0) is 0 Å². The number of nitrogens with two attached hydrogens (primary N) is 1. The zero-order valence-electron chi connectivity index (χ0n) is 7.62. The van der Waals surface area contributed by atoms with Crippen molar-refractivity contribution < 1.29 is 0 Å². The fourth-order valence-electron chi connectivity index (χ4n) is 1.19. The summed E-state index contributed by atoms with van der Waals surface area (Å²) in [5.74, 6) is 0.381. The minimum atomic E-state index is 0.381. The molecule has 3 nitrogen and oxygen atoms in total. The molecule has 0 saturated carbocycles. The summed E-state index contributed by atoms with van der Waals surface area (Å²) in [6, 6.07) is 2.00. The van der Waals surface area contributed by atoms with Crippen molar-refractivity contribution in [1.82, 2.24) is 9.97 Å². The van der Waals surface area contributed by atoms with Crippen LogP contribution in [0.15, 0.2) is 12.4 Å². The molecule has 1 atom stereocenters. The first kappa shape index (κ1) is 9.13. The van der Waals surface area contributed by atoms with Crippen LogP contribution in [0.4, 0.5) is 0 Å². The highest BCUT2D eigenvalue weighted by atomic mass is 14.8. The van der Waals surface area contributed by atoms with Crippen molar-refractivity contribution in [2.24, 2.45) is 5.73 Å². The first-order valence-corrected chi connectivity index (χ1v) is 4.26. The molecule has 12 heavy (non-hydrogen) atoms. The van der Waals surface area contributed by atoms with Crippen molar-refractivity contribution >= 4 is 0 Å². The molecule has 66 valence electrons. The van der Waals surface area contributed by atoms with Crippen molar-refractivity contribution in [1.29, 1.82) is 0 Å². The summed E-state index contributed by atoms with van der Waals surface area (Å²) in [5, 5.41) is 0. The quantitative estimate of drug-likeness (QED) is 0.733. The van der Waals surface area contributed by atoms with Crippen LogP contribution in [0.1, 0.15) is 30.7 Å². The molecule has 0 amide bonds. The molecule has 1 heterocycles. The Morgan fingerprint density at radius 2 is 2.25 bits per heavy atom. The van der Waals surface area contributed by atoms with Gasteiger partial charge in [-0.1, -0.05) is 6.92 Å². The fraction of sp³-hybridized carbons (Fsp3) is 0.556. The van der Waals surface area contributed by atoms with Crippen LogP contribution in [0.2, 0.25) is 0 Å². The average molecular weight is 165 g/mol. The second-order valence-electron chi connectivity index (χ2n) is 2.93. The molecule has 3 heteroatoms. The normalized spacial score (nSPS) is 12.9. The van der Waals surface area contributed by atoms with Gasteiger partial charge in [0.15, 0.2) is 0 Å². The van der Waals surface area contributed by atoms with Gasteiger partial charge in [-0.05, 0) is 19.4 Å². The molecule has 0 saturated heterocycles. The number of rotatable bonds is 3. The van der Waals surface area contributed by atoms with Crippen LogP contribution in [0, 0.1) is 6.92 Å². The minimum Gasteiger partial charge on any atom is -0.330 e. The molecule has 1 rings (SSSR count). The smallest absolute Gasteiger partial charge is 0.115 e. The van der Waals surface area contributed by atoms with Crippen molar-refractivity contribution in [3.8, 4) is 0 Å². The third-order valence-electron chi connectivity index (χ3n) is 2.02. The molecular weight excluding hydrogens is 150 g/mol. The molecule has 1 aromatic rings. The molecule has 1 aromatic heterocycles. The van der Waals surface area contributed by atoms with E-state index in [-0.39, 0.29) is 0 Å². The molecular formula is C9H15N3. The number of hydrogen-bond acceptors (Lipinski definition) is 3. The predicted octanol–water partition coefficient (Wildman–Crippen LogP) is 1.24. The summed E-state index contributed by atoms with van der Waals surface area (Å²) in [7, 11) is 0. The van der Waals surface area contributed by atoms with Crippen molar-refractivity contribution in [3.63, 3.8) is 0 Å². The third kappa shape index (κ3) is 2.01. The van der Waals surface area contributed by atoms with E-state index in [1.54, 1.807) is 6.33 Å². The van der Waals surface area contributed by atoms with Crippen LogP contribution in [0.25, 0.3) is 0 Å². The molecule has 0 bridgehead atoms. The van der Waals surface area contributed by atoms with Crippen molar-refractivity contribution in [2.45, 2.75) is 26.2 Å². The van der Waals surface area contributed by atoms with E-state index in [0.29, 0.717) is 12.5 Å². The second kappa shape index (κ2) is 4.16. The standard InChI is InChI=1S/C9H15N3/c1-3-8(5-10)9-4-7(2)11-6-12-9/h4,6,8H,3,5,10H2,1-2H3. The summed E-state index contributed by atoms with van der Waals surface area (Å²) in [5.41, 5.74) is 7.67. The SMILES string of the molecule is CCC(CN)c1cc(C)ncn1. The Balaban J connectivity index is 2.85. The monoisotopic (exact) mass is 165 g/mol. The molecule has 0 aromatic carbocycles. The lowest BCUT2D eigenvalue weighted by atomic mass is 10.0. The van der Waals surface area contributed by atoms with Crippen LogP contribution in [0.5, 0.6) is 0 Å². The van der Waals surface area contributed by atoms with Crippen LogP contribution >= 0.6 is 0 Å². The van der Waals surface area contributed by atoms with E-state index >= 15 is 0 Å². The summed E-state index contributed by atoms with van der Waals surface area (Å²) >= 11 is 0. The Morgan fingerprint density at radius 3 is 2.75 bits per heavy atom. The second-order valence-corrected chi connectivity index (χ2v) is 2.93. The van der Waals surface area contributed by atoms with Crippen LogP contribution in [0.3, 0.4) is 0 Å². The maximum absolute atomic E-state index is 5.60. The Labute approximate surface area is 73.0 Å². The molecule has 0 radical (unpaired) electrons. The Bertz CT molecular complexity index is 243. The van der Waals surface area contributed by atoms with Crippen LogP contribution in [-0.4, -0.2) is 16.5 Å². The number of nitrogens with zero attached hydrogens (tertiary/aromatic N) is 2. The summed E-state index contributed by atoms with van der Waals surface area (Å²) in [6.07, 6.45) is 2.63. The highest BCUT2D eigenvalue weighted by molar-refractivity contribution is 5.11. The maximum Gasteiger partial charge on any atom is 0.115 e. The highest BCUT2D eigenvalue weighted by Gasteiger charge is 2.07. The molecule has 1 unspecified atom stereocenters. The van der Waals surface area contributed by atoms with Crippen molar-refractivity contribution in [3.05, 3.63) is 23.8 Å². The topological polar surface area (TPSA) is 51.8 Å². The van der Waals surface area contributed by atoms with Gasteiger partial charge in [-0.3, -0.25) is 0 Å². The van der Waals surface area contributed by atoms with E-state index in [1.165, 1.54) is 0 Å². The third-order valence-corrected chi connectivity index (χ3v) is 2.02. The van der Waals surface area contributed by atoms with Crippen molar-refractivity contribution in [2.75, 3.05) is 6.54 Å². The van der Waals surface area contributed by atoms with E-state index in [2.05, 4.69) is 16.9 Å². The van der Waals surface area contributed by atoms with Gasteiger partial charge in [0.25, 0.3) is 0 Å². The van der Waals surface area contributed by atoms with E-state index in [1.807, 2.05) is 13.0 Å². The molecule has 0 aliphatic carbocycles. The van der Waals surface area contributed by atoms with Gasteiger partial charge < -0.3 is 5.73 Å². The number of hydrogen-bond donors (Lipinski definition) is 1. The number of aryl methyl sites for hydroxylation is 1. The number of aromatic nitrogens is 2. The first-order valence-electron chi connectivity index (χ1n) is 4.26.